The van der Waals surface area contributed by atoms with Gasteiger partial charge < -0.3 is 19.5 Å². The monoisotopic (exact) mass is 348 g/mol. The molecule has 0 amide bonds. The van der Waals surface area contributed by atoms with Crippen LogP contribution in [0.15, 0.2) is 4.99 Å². The molecule has 7 heteroatoms. The van der Waals surface area contributed by atoms with Crippen LogP contribution in [0.2, 0.25) is 0 Å². The van der Waals surface area contributed by atoms with Crippen LogP contribution in [0, 0.1) is 12.8 Å². The van der Waals surface area contributed by atoms with E-state index in [-0.39, 0.29) is 0 Å². The van der Waals surface area contributed by atoms with Gasteiger partial charge in [-0.1, -0.05) is 19.3 Å². The third-order valence-electron chi connectivity index (χ3n) is 5.48. The van der Waals surface area contributed by atoms with Crippen molar-refractivity contribution in [1.29, 1.82) is 0 Å². The van der Waals surface area contributed by atoms with Crippen LogP contribution in [0.25, 0.3) is 0 Å². The van der Waals surface area contributed by atoms with Gasteiger partial charge in [-0.2, -0.15) is 0 Å². The molecule has 3 rings (SSSR count). The lowest BCUT2D eigenvalue weighted by atomic mass is 9.96. The zero-order chi connectivity index (χ0) is 17.6. The molecule has 0 aromatic carbocycles. The molecule has 1 aliphatic carbocycles. The largest absolute Gasteiger partial charge is 0.384 e. The molecule has 1 saturated carbocycles. The molecule has 1 saturated heterocycles. The molecule has 1 N–H and O–H groups in total. The average molecular weight is 348 g/mol. The number of guanidine groups is 1. The Kier molecular flexibility index (Phi) is 6.29. The highest BCUT2D eigenvalue weighted by Gasteiger charge is 2.26. The van der Waals surface area contributed by atoms with E-state index >= 15 is 0 Å². The Balaban J connectivity index is 1.69. The topological polar surface area (TPSA) is 67.6 Å². The summed E-state index contributed by atoms with van der Waals surface area (Å²) in [5, 5.41) is 12.1. The van der Waals surface area contributed by atoms with Crippen LogP contribution >= 0.6 is 0 Å². The average Bonchev–Trinajstić information content (AvgIpc) is 3.21. The number of rotatable bonds is 5. The van der Waals surface area contributed by atoms with Crippen molar-refractivity contribution in [2.45, 2.75) is 58.0 Å². The summed E-state index contributed by atoms with van der Waals surface area (Å²) < 4.78 is 7.36. The summed E-state index contributed by atoms with van der Waals surface area (Å²) >= 11 is 0. The van der Waals surface area contributed by atoms with Crippen molar-refractivity contribution >= 4 is 5.96 Å². The van der Waals surface area contributed by atoms with Crippen molar-refractivity contribution in [3.63, 3.8) is 0 Å². The number of nitrogens with one attached hydrogen (secondary N) is 1. The lowest BCUT2D eigenvalue weighted by Crippen LogP contribution is -2.46. The highest BCUT2D eigenvalue weighted by molar-refractivity contribution is 5.80. The fourth-order valence-corrected chi connectivity index (χ4v) is 3.80. The van der Waals surface area contributed by atoms with Crippen LogP contribution in [-0.4, -0.2) is 58.5 Å². The van der Waals surface area contributed by atoms with Gasteiger partial charge in [-0.3, -0.25) is 0 Å². The number of methoxy groups -OCH3 is 1. The van der Waals surface area contributed by atoms with Crippen molar-refractivity contribution in [2.75, 3.05) is 26.8 Å². The van der Waals surface area contributed by atoms with Gasteiger partial charge in [-0.05, 0) is 26.2 Å². The standard InChI is InChI=1S/C18H32N6O/c1-14-21-22-17(23(14)2)11-19-18(20-16-7-5-4-6-8-16)24-10-9-15(12-24)13-25-3/h15-16H,4-13H2,1-3H3,(H,19,20). The quantitative estimate of drug-likeness (QED) is 0.650. The summed E-state index contributed by atoms with van der Waals surface area (Å²) in [6, 6.07) is 0.551. The number of likely N-dealkylation sites (tertiary alicyclic amines) is 1. The molecule has 1 aromatic heterocycles. The molecular weight excluding hydrogens is 316 g/mol. The van der Waals surface area contributed by atoms with Gasteiger partial charge in [-0.15, -0.1) is 10.2 Å². The Labute approximate surface area is 150 Å². The molecule has 1 atom stereocenters. The lowest BCUT2D eigenvalue weighted by molar-refractivity contribution is 0.157. The van der Waals surface area contributed by atoms with E-state index in [0.29, 0.717) is 18.5 Å². The molecule has 7 nitrogen and oxygen atoms in total. The molecule has 0 spiro atoms. The normalized spacial score (nSPS) is 22.6. The number of aliphatic imine (C=N–C) groups is 1. The summed E-state index contributed by atoms with van der Waals surface area (Å²) in [6.45, 7) is 5.43. The molecule has 2 aliphatic rings. The molecule has 140 valence electrons. The van der Waals surface area contributed by atoms with Gasteiger partial charge in [0, 0.05) is 39.2 Å². The molecular formula is C18H32N6O. The van der Waals surface area contributed by atoms with Gasteiger partial charge in [0.15, 0.2) is 11.8 Å². The molecule has 25 heavy (non-hydrogen) atoms. The lowest BCUT2D eigenvalue weighted by Gasteiger charge is -2.29. The Bertz CT molecular complexity index is 578. The molecule has 2 heterocycles. The molecule has 1 aliphatic heterocycles. The first-order valence-corrected chi connectivity index (χ1v) is 9.57. The number of aryl methyl sites for hydroxylation is 1. The summed E-state index contributed by atoms with van der Waals surface area (Å²) in [5.41, 5.74) is 0. The van der Waals surface area contributed by atoms with Crippen LogP contribution < -0.4 is 5.32 Å². The van der Waals surface area contributed by atoms with Crippen LogP contribution in [0.3, 0.4) is 0 Å². The Morgan fingerprint density at radius 3 is 2.72 bits per heavy atom. The van der Waals surface area contributed by atoms with E-state index in [0.717, 1.165) is 37.3 Å². The third-order valence-corrected chi connectivity index (χ3v) is 5.48. The zero-order valence-corrected chi connectivity index (χ0v) is 15.9. The van der Waals surface area contributed by atoms with Gasteiger partial charge in [0.2, 0.25) is 0 Å². The minimum Gasteiger partial charge on any atom is -0.384 e. The third kappa shape index (κ3) is 4.71. The van der Waals surface area contributed by atoms with Crippen molar-refractivity contribution in [3.05, 3.63) is 11.6 Å². The van der Waals surface area contributed by atoms with Crippen LogP contribution in [0.1, 0.15) is 50.2 Å². The van der Waals surface area contributed by atoms with E-state index in [9.17, 15) is 0 Å². The molecule has 1 unspecified atom stereocenters. The number of aromatic nitrogens is 3. The predicted molar refractivity (Wildman–Crippen MR) is 98.4 cm³/mol. The SMILES string of the molecule is COCC1CCN(C(=NCc2nnc(C)n2C)NC2CCCCC2)C1. The van der Waals surface area contributed by atoms with Crippen LogP contribution in [-0.2, 0) is 18.3 Å². The first-order chi connectivity index (χ1) is 12.2. The molecule has 0 bridgehead atoms. The van der Waals surface area contributed by atoms with Gasteiger partial charge in [0.25, 0.3) is 0 Å². The predicted octanol–water partition coefficient (Wildman–Crippen LogP) is 1.87. The first kappa shape index (κ1) is 18.2. The van der Waals surface area contributed by atoms with Gasteiger partial charge in [0.05, 0.1) is 6.61 Å². The maximum atomic E-state index is 5.34. The molecule has 2 fully saturated rings. The molecule has 1 aromatic rings. The van der Waals surface area contributed by atoms with E-state index < -0.39 is 0 Å². The number of nitrogens with zero attached hydrogens (tertiary/aromatic N) is 5. The minimum absolute atomic E-state index is 0.551. The zero-order valence-electron chi connectivity index (χ0n) is 15.9. The summed E-state index contributed by atoms with van der Waals surface area (Å²) in [7, 11) is 3.78. The number of hydrogen-bond donors (Lipinski definition) is 1. The summed E-state index contributed by atoms with van der Waals surface area (Å²) in [5.74, 6) is 3.47. The minimum atomic E-state index is 0.551. The fourth-order valence-electron chi connectivity index (χ4n) is 3.80. The van der Waals surface area contributed by atoms with Crippen molar-refractivity contribution in [2.24, 2.45) is 18.0 Å². The number of ether oxygens (including phenoxy) is 1. The van der Waals surface area contributed by atoms with Gasteiger partial charge in [-0.25, -0.2) is 4.99 Å². The van der Waals surface area contributed by atoms with E-state index in [1.54, 1.807) is 7.11 Å². The second-order valence-electron chi connectivity index (χ2n) is 7.40. The Hall–Kier alpha value is -1.63. The van der Waals surface area contributed by atoms with Crippen LogP contribution in [0.5, 0.6) is 0 Å². The van der Waals surface area contributed by atoms with E-state index in [2.05, 4.69) is 20.4 Å². The summed E-state index contributed by atoms with van der Waals surface area (Å²) in [4.78, 5) is 7.30. The van der Waals surface area contributed by atoms with E-state index in [4.69, 9.17) is 9.73 Å². The van der Waals surface area contributed by atoms with Crippen molar-refractivity contribution in [3.8, 4) is 0 Å². The van der Waals surface area contributed by atoms with Crippen LogP contribution in [0.4, 0.5) is 0 Å². The highest BCUT2D eigenvalue weighted by atomic mass is 16.5. The molecule has 0 radical (unpaired) electrons. The fraction of sp³-hybridized carbons (Fsp3) is 0.833. The summed E-state index contributed by atoms with van der Waals surface area (Å²) in [6.07, 6.45) is 7.67. The van der Waals surface area contributed by atoms with Gasteiger partial charge in [0.1, 0.15) is 12.4 Å². The maximum absolute atomic E-state index is 5.34. The first-order valence-electron chi connectivity index (χ1n) is 9.57. The van der Waals surface area contributed by atoms with Crippen molar-refractivity contribution in [1.82, 2.24) is 25.0 Å². The highest BCUT2D eigenvalue weighted by Crippen LogP contribution is 2.20. The maximum Gasteiger partial charge on any atom is 0.194 e. The second kappa shape index (κ2) is 8.65. The second-order valence-corrected chi connectivity index (χ2v) is 7.40. The number of hydrogen-bond acceptors (Lipinski definition) is 4. The van der Waals surface area contributed by atoms with E-state index in [1.807, 2.05) is 18.5 Å². The Morgan fingerprint density at radius 2 is 2.04 bits per heavy atom. The Morgan fingerprint density at radius 1 is 1.24 bits per heavy atom. The van der Waals surface area contributed by atoms with E-state index in [1.165, 1.54) is 38.5 Å². The van der Waals surface area contributed by atoms with Gasteiger partial charge >= 0.3 is 0 Å². The van der Waals surface area contributed by atoms with Crippen molar-refractivity contribution < 1.29 is 4.74 Å². The smallest absolute Gasteiger partial charge is 0.194 e.